The third-order valence-corrected chi connectivity index (χ3v) is 4.47. The SMILES string of the molecule is c1coc(-c2ccc(-c3ccco3)[se]2)c1. The molecule has 0 aliphatic heterocycles. The molecule has 0 bridgehead atoms. The van der Waals surface area contributed by atoms with Crippen molar-refractivity contribution in [2.24, 2.45) is 0 Å². The molecule has 0 atom stereocenters. The van der Waals surface area contributed by atoms with Crippen LogP contribution in [0.4, 0.5) is 0 Å². The van der Waals surface area contributed by atoms with Gasteiger partial charge in [-0.3, -0.25) is 0 Å². The van der Waals surface area contributed by atoms with Gasteiger partial charge in [-0.25, -0.2) is 0 Å². The zero-order chi connectivity index (χ0) is 10.1. The van der Waals surface area contributed by atoms with E-state index in [-0.39, 0.29) is 14.5 Å². The summed E-state index contributed by atoms with van der Waals surface area (Å²) >= 11 is 0.287. The molecule has 3 heteroatoms. The molecule has 3 heterocycles. The van der Waals surface area contributed by atoms with Crippen molar-refractivity contribution < 1.29 is 8.83 Å². The fourth-order valence-corrected chi connectivity index (χ4v) is 3.42. The van der Waals surface area contributed by atoms with Gasteiger partial charge >= 0.3 is 92.7 Å². The fourth-order valence-electron chi connectivity index (χ4n) is 1.44. The van der Waals surface area contributed by atoms with E-state index >= 15 is 0 Å². The van der Waals surface area contributed by atoms with E-state index in [0.29, 0.717) is 0 Å². The van der Waals surface area contributed by atoms with Crippen LogP contribution >= 0.6 is 0 Å². The molecular formula is C12H8O2Se. The molecule has 0 aromatic carbocycles. The summed E-state index contributed by atoms with van der Waals surface area (Å²) in [4.78, 5) is 0. The first-order chi connectivity index (χ1) is 7.43. The second-order valence-corrected chi connectivity index (χ2v) is 5.39. The Bertz CT molecular complexity index is 483. The molecule has 3 aromatic rings. The molecule has 3 aromatic heterocycles. The summed E-state index contributed by atoms with van der Waals surface area (Å²) in [7, 11) is 0. The van der Waals surface area contributed by atoms with Gasteiger partial charge in [-0.15, -0.1) is 0 Å². The van der Waals surface area contributed by atoms with E-state index in [0.717, 1.165) is 11.5 Å². The normalized spacial score (nSPS) is 10.7. The van der Waals surface area contributed by atoms with Gasteiger partial charge in [-0.2, -0.15) is 0 Å². The first-order valence-corrected chi connectivity index (χ1v) is 6.32. The van der Waals surface area contributed by atoms with Gasteiger partial charge in [-0.1, -0.05) is 0 Å². The average Bonchev–Trinajstić information content (AvgIpc) is 3.02. The Labute approximate surface area is 92.9 Å². The Morgan fingerprint density at radius 3 is 1.67 bits per heavy atom. The molecule has 0 spiro atoms. The Hall–Kier alpha value is -1.44. The van der Waals surface area contributed by atoms with Crippen LogP contribution in [0.1, 0.15) is 0 Å². The second-order valence-electron chi connectivity index (χ2n) is 3.12. The van der Waals surface area contributed by atoms with Gasteiger partial charge in [0, 0.05) is 0 Å². The van der Waals surface area contributed by atoms with Crippen LogP contribution < -0.4 is 0 Å². The van der Waals surface area contributed by atoms with Crippen LogP contribution in [-0.4, -0.2) is 14.5 Å². The second kappa shape index (κ2) is 3.61. The molecule has 0 unspecified atom stereocenters. The summed E-state index contributed by atoms with van der Waals surface area (Å²) in [6, 6.07) is 12.0. The predicted octanol–water partition coefficient (Wildman–Crippen LogP) is 3.26. The van der Waals surface area contributed by atoms with Crippen LogP contribution in [0.3, 0.4) is 0 Å². The molecule has 0 N–H and O–H groups in total. The first-order valence-electron chi connectivity index (χ1n) is 4.61. The standard InChI is InChI=1S/C12H8O2Se/c1-3-9(13-7-1)11-5-6-12(15-11)10-4-2-8-14-10/h1-8H. The minimum atomic E-state index is 0.287. The maximum atomic E-state index is 5.37. The molecule has 0 amide bonds. The third-order valence-electron chi connectivity index (χ3n) is 2.13. The average molecular weight is 263 g/mol. The molecule has 0 aliphatic carbocycles. The van der Waals surface area contributed by atoms with Crippen LogP contribution in [0.25, 0.3) is 20.4 Å². The molecule has 2 nitrogen and oxygen atoms in total. The third kappa shape index (κ3) is 1.60. The van der Waals surface area contributed by atoms with Crippen molar-refractivity contribution in [1.29, 1.82) is 0 Å². The van der Waals surface area contributed by atoms with Gasteiger partial charge in [0.25, 0.3) is 0 Å². The van der Waals surface area contributed by atoms with Crippen LogP contribution in [0.2, 0.25) is 0 Å². The zero-order valence-corrected chi connectivity index (χ0v) is 9.56. The maximum absolute atomic E-state index is 5.37. The van der Waals surface area contributed by atoms with E-state index in [1.54, 1.807) is 12.5 Å². The van der Waals surface area contributed by atoms with E-state index in [2.05, 4.69) is 12.1 Å². The monoisotopic (exact) mass is 264 g/mol. The molecular weight excluding hydrogens is 255 g/mol. The van der Waals surface area contributed by atoms with Gasteiger partial charge in [0.05, 0.1) is 0 Å². The summed E-state index contributed by atoms with van der Waals surface area (Å²) in [5, 5.41) is 0. The van der Waals surface area contributed by atoms with Gasteiger partial charge in [0.1, 0.15) is 0 Å². The van der Waals surface area contributed by atoms with Gasteiger partial charge in [0.15, 0.2) is 0 Å². The zero-order valence-electron chi connectivity index (χ0n) is 7.84. The fraction of sp³-hybridized carbons (Fsp3) is 0. The molecule has 0 saturated carbocycles. The molecule has 74 valence electrons. The van der Waals surface area contributed by atoms with Crippen molar-refractivity contribution in [3.63, 3.8) is 0 Å². The topological polar surface area (TPSA) is 26.3 Å². The van der Waals surface area contributed by atoms with Crippen molar-refractivity contribution in [3.8, 4) is 20.4 Å². The van der Waals surface area contributed by atoms with Crippen LogP contribution in [0.15, 0.2) is 57.8 Å². The van der Waals surface area contributed by atoms with E-state index < -0.39 is 0 Å². The van der Waals surface area contributed by atoms with Gasteiger partial charge in [0.2, 0.25) is 0 Å². The number of furan rings is 2. The summed E-state index contributed by atoms with van der Waals surface area (Å²) in [5.74, 6) is 1.93. The van der Waals surface area contributed by atoms with Crippen molar-refractivity contribution in [2.45, 2.75) is 0 Å². The molecule has 0 radical (unpaired) electrons. The number of rotatable bonds is 2. The van der Waals surface area contributed by atoms with E-state index in [9.17, 15) is 0 Å². The predicted molar refractivity (Wildman–Crippen MR) is 58.8 cm³/mol. The number of hydrogen-bond donors (Lipinski definition) is 0. The van der Waals surface area contributed by atoms with Gasteiger partial charge < -0.3 is 0 Å². The Morgan fingerprint density at radius 2 is 1.27 bits per heavy atom. The summed E-state index contributed by atoms with van der Waals surface area (Å²) in [6.45, 7) is 0. The summed E-state index contributed by atoms with van der Waals surface area (Å²) in [5.41, 5.74) is 0. The molecule has 0 aliphatic rings. The van der Waals surface area contributed by atoms with Crippen molar-refractivity contribution in [1.82, 2.24) is 0 Å². The van der Waals surface area contributed by atoms with E-state index in [1.807, 2.05) is 24.3 Å². The summed E-state index contributed by atoms with van der Waals surface area (Å²) in [6.07, 6.45) is 3.41. The van der Waals surface area contributed by atoms with Gasteiger partial charge in [-0.05, 0) is 0 Å². The molecule has 0 saturated heterocycles. The van der Waals surface area contributed by atoms with Crippen molar-refractivity contribution in [2.75, 3.05) is 0 Å². The molecule has 0 fully saturated rings. The first kappa shape index (κ1) is 8.83. The summed E-state index contributed by atoms with van der Waals surface area (Å²) < 4.78 is 13.3. The Balaban J connectivity index is 2.02. The Morgan fingerprint density at radius 1 is 0.733 bits per heavy atom. The minimum absolute atomic E-state index is 0.287. The Kier molecular flexibility index (Phi) is 2.13. The number of hydrogen-bond acceptors (Lipinski definition) is 2. The molecule has 3 rings (SSSR count). The quantitative estimate of drug-likeness (QED) is 0.663. The van der Waals surface area contributed by atoms with Crippen LogP contribution in [-0.2, 0) is 0 Å². The van der Waals surface area contributed by atoms with E-state index in [1.165, 1.54) is 8.87 Å². The van der Waals surface area contributed by atoms with Crippen LogP contribution in [0, 0.1) is 0 Å². The molecule has 15 heavy (non-hydrogen) atoms. The van der Waals surface area contributed by atoms with E-state index in [4.69, 9.17) is 8.83 Å². The van der Waals surface area contributed by atoms with Crippen molar-refractivity contribution >= 4 is 14.5 Å². The van der Waals surface area contributed by atoms with Crippen molar-refractivity contribution in [3.05, 3.63) is 48.9 Å². The van der Waals surface area contributed by atoms with Crippen LogP contribution in [0.5, 0.6) is 0 Å².